The summed E-state index contributed by atoms with van der Waals surface area (Å²) in [6.07, 6.45) is 1.47. The summed E-state index contributed by atoms with van der Waals surface area (Å²) >= 11 is 0. The smallest absolute Gasteiger partial charge is 0.238 e. The van der Waals surface area contributed by atoms with E-state index in [0.29, 0.717) is 44.0 Å². The van der Waals surface area contributed by atoms with E-state index < -0.39 is 0 Å². The lowest BCUT2D eigenvalue weighted by molar-refractivity contribution is -0.120. The molecule has 2 fully saturated rings. The molecule has 0 unspecified atom stereocenters. The maximum Gasteiger partial charge on any atom is 0.238 e. The van der Waals surface area contributed by atoms with Crippen LogP contribution in [0.15, 0.2) is 48.5 Å². The molecule has 174 valence electrons. The lowest BCUT2D eigenvalue weighted by atomic mass is 10.2. The summed E-state index contributed by atoms with van der Waals surface area (Å²) in [5.41, 5.74) is 2.12. The Labute approximate surface area is 192 Å². The highest BCUT2D eigenvalue weighted by atomic mass is 19.1. The summed E-state index contributed by atoms with van der Waals surface area (Å²) in [7, 11) is 0. The molecule has 2 aromatic rings. The van der Waals surface area contributed by atoms with Crippen molar-refractivity contribution in [3.63, 3.8) is 0 Å². The van der Waals surface area contributed by atoms with Gasteiger partial charge in [0.05, 0.1) is 13.1 Å². The largest absolute Gasteiger partial charge is 0.325 e. The second-order valence-electron chi connectivity index (χ2n) is 8.35. The van der Waals surface area contributed by atoms with Crippen LogP contribution in [0.2, 0.25) is 0 Å². The van der Waals surface area contributed by atoms with Crippen LogP contribution in [0, 0.1) is 5.82 Å². The molecular weight excluding hydrogens is 425 g/mol. The molecule has 2 aliphatic heterocycles. The molecule has 0 atom stereocenters. The predicted molar refractivity (Wildman–Crippen MR) is 125 cm³/mol. The maximum atomic E-state index is 13.0. The van der Waals surface area contributed by atoms with Crippen LogP contribution in [0.3, 0.4) is 0 Å². The Balaban J connectivity index is 1.17. The number of hydrogen-bond acceptors (Lipinski definition) is 5. The normalized spacial score (nSPS) is 17.2. The van der Waals surface area contributed by atoms with Crippen LogP contribution >= 0.6 is 0 Å². The van der Waals surface area contributed by atoms with Crippen LogP contribution in [-0.2, 0) is 14.4 Å². The Morgan fingerprint density at radius 3 is 1.70 bits per heavy atom. The second kappa shape index (κ2) is 10.5. The van der Waals surface area contributed by atoms with Gasteiger partial charge in [-0.1, -0.05) is 0 Å². The van der Waals surface area contributed by atoms with E-state index in [1.807, 2.05) is 29.2 Å². The highest BCUT2D eigenvalue weighted by molar-refractivity contribution is 5.96. The molecule has 0 radical (unpaired) electrons. The number of nitrogens with one attached hydrogen (secondary N) is 2. The van der Waals surface area contributed by atoms with Gasteiger partial charge in [0.25, 0.3) is 0 Å². The molecule has 2 N–H and O–H groups in total. The van der Waals surface area contributed by atoms with Crippen LogP contribution in [0.1, 0.15) is 12.8 Å². The fourth-order valence-electron chi connectivity index (χ4n) is 4.09. The summed E-state index contributed by atoms with van der Waals surface area (Å²) < 4.78 is 13.0. The number of halogens is 1. The third-order valence-corrected chi connectivity index (χ3v) is 5.86. The first kappa shape index (κ1) is 22.9. The third-order valence-electron chi connectivity index (χ3n) is 5.86. The number of piperazine rings is 1. The fraction of sp³-hybridized carbons (Fsp3) is 0.375. The van der Waals surface area contributed by atoms with Crippen LogP contribution in [0.25, 0.3) is 0 Å². The molecule has 0 saturated carbocycles. The highest BCUT2D eigenvalue weighted by Gasteiger charge is 2.22. The summed E-state index contributed by atoms with van der Waals surface area (Å²) in [5, 5.41) is 5.67. The molecule has 0 aromatic heterocycles. The first-order valence-electron chi connectivity index (χ1n) is 11.2. The molecule has 2 saturated heterocycles. The summed E-state index contributed by atoms with van der Waals surface area (Å²) in [6, 6.07) is 13.0. The lowest BCUT2D eigenvalue weighted by Gasteiger charge is -2.33. The van der Waals surface area contributed by atoms with Gasteiger partial charge in [-0.25, -0.2) is 4.39 Å². The number of hydrogen-bond donors (Lipinski definition) is 2. The van der Waals surface area contributed by atoms with Gasteiger partial charge in [0.2, 0.25) is 17.7 Å². The average molecular weight is 454 g/mol. The number of benzene rings is 2. The standard InChI is InChI=1S/C24H28FN5O3/c25-18-3-5-19(6-4-18)26-22(31)16-28-12-14-29(15-13-28)17-23(32)27-20-7-9-21(10-8-20)30-11-1-2-24(30)33/h3-10H,1-2,11-17H2,(H,26,31)(H,27,32). The number of carbonyl (C=O) groups is 3. The predicted octanol–water partition coefficient (Wildman–Crippen LogP) is 2.15. The molecule has 3 amide bonds. The Kier molecular flexibility index (Phi) is 7.31. The van der Waals surface area contributed by atoms with E-state index in [2.05, 4.69) is 15.5 Å². The van der Waals surface area contributed by atoms with Gasteiger partial charge in [0.1, 0.15) is 5.82 Å². The van der Waals surface area contributed by atoms with Crippen LogP contribution in [0.4, 0.5) is 21.5 Å². The molecule has 4 rings (SSSR count). The molecule has 33 heavy (non-hydrogen) atoms. The fourth-order valence-corrected chi connectivity index (χ4v) is 4.09. The first-order chi connectivity index (χ1) is 16.0. The van der Waals surface area contributed by atoms with Gasteiger partial charge in [0.15, 0.2) is 0 Å². The summed E-state index contributed by atoms with van der Waals surface area (Å²) in [4.78, 5) is 42.4. The van der Waals surface area contributed by atoms with E-state index in [0.717, 1.165) is 18.7 Å². The number of nitrogens with zero attached hydrogens (tertiary/aromatic N) is 3. The number of carbonyl (C=O) groups excluding carboxylic acids is 3. The SMILES string of the molecule is O=C(CN1CCN(CC(=O)Nc2ccc(N3CCCC3=O)cc2)CC1)Nc1ccc(F)cc1. The van der Waals surface area contributed by atoms with Crippen molar-refractivity contribution in [2.75, 3.05) is 61.3 Å². The topological polar surface area (TPSA) is 85.0 Å². The molecule has 2 heterocycles. The second-order valence-corrected chi connectivity index (χ2v) is 8.35. The summed E-state index contributed by atoms with van der Waals surface area (Å²) in [5.74, 6) is -0.447. The molecule has 2 aliphatic rings. The summed E-state index contributed by atoms with van der Waals surface area (Å²) in [6.45, 7) is 4.02. The van der Waals surface area contributed by atoms with Gasteiger partial charge in [-0.2, -0.15) is 0 Å². The van der Waals surface area contributed by atoms with Crippen molar-refractivity contribution in [3.05, 3.63) is 54.3 Å². The first-order valence-corrected chi connectivity index (χ1v) is 11.2. The minimum Gasteiger partial charge on any atom is -0.325 e. The maximum absolute atomic E-state index is 13.0. The van der Waals surface area contributed by atoms with Crippen molar-refractivity contribution in [1.82, 2.24) is 9.80 Å². The Bertz CT molecular complexity index is 988. The molecule has 2 aromatic carbocycles. The lowest BCUT2D eigenvalue weighted by Crippen LogP contribution is -2.50. The minimum atomic E-state index is -0.344. The van der Waals surface area contributed by atoms with Crippen LogP contribution in [-0.4, -0.2) is 73.3 Å². The number of anilines is 3. The van der Waals surface area contributed by atoms with Crippen molar-refractivity contribution in [2.45, 2.75) is 12.8 Å². The van der Waals surface area contributed by atoms with Crippen molar-refractivity contribution < 1.29 is 18.8 Å². The Morgan fingerprint density at radius 2 is 1.24 bits per heavy atom. The van der Waals surface area contributed by atoms with E-state index in [1.54, 1.807) is 4.90 Å². The van der Waals surface area contributed by atoms with Gasteiger partial charge in [0, 0.05) is 56.2 Å². The Morgan fingerprint density at radius 1 is 0.758 bits per heavy atom. The Hall–Kier alpha value is -3.30. The van der Waals surface area contributed by atoms with Gasteiger partial charge < -0.3 is 15.5 Å². The van der Waals surface area contributed by atoms with E-state index in [1.165, 1.54) is 24.3 Å². The number of rotatable bonds is 7. The average Bonchev–Trinajstić information content (AvgIpc) is 3.23. The van der Waals surface area contributed by atoms with Gasteiger partial charge in [-0.05, 0) is 55.0 Å². The van der Waals surface area contributed by atoms with Gasteiger partial charge in [-0.15, -0.1) is 0 Å². The third kappa shape index (κ3) is 6.36. The monoisotopic (exact) mass is 453 g/mol. The van der Waals surface area contributed by atoms with Crippen molar-refractivity contribution in [2.24, 2.45) is 0 Å². The molecule has 0 bridgehead atoms. The zero-order valence-electron chi connectivity index (χ0n) is 18.4. The van der Waals surface area contributed by atoms with Crippen molar-refractivity contribution in [1.29, 1.82) is 0 Å². The molecule has 0 spiro atoms. The number of amides is 3. The van der Waals surface area contributed by atoms with E-state index in [4.69, 9.17) is 0 Å². The van der Waals surface area contributed by atoms with Gasteiger partial charge in [-0.3, -0.25) is 24.2 Å². The molecular formula is C24H28FN5O3. The molecule has 9 heteroatoms. The highest BCUT2D eigenvalue weighted by Crippen LogP contribution is 2.23. The zero-order valence-corrected chi connectivity index (χ0v) is 18.4. The minimum absolute atomic E-state index is 0.0949. The zero-order chi connectivity index (χ0) is 23.2. The van der Waals surface area contributed by atoms with Crippen LogP contribution in [0.5, 0.6) is 0 Å². The van der Waals surface area contributed by atoms with E-state index >= 15 is 0 Å². The quantitative estimate of drug-likeness (QED) is 0.671. The van der Waals surface area contributed by atoms with Crippen molar-refractivity contribution >= 4 is 34.8 Å². The van der Waals surface area contributed by atoms with Gasteiger partial charge >= 0.3 is 0 Å². The van der Waals surface area contributed by atoms with Crippen molar-refractivity contribution in [3.8, 4) is 0 Å². The van der Waals surface area contributed by atoms with E-state index in [-0.39, 0.29) is 36.6 Å². The van der Waals surface area contributed by atoms with Crippen LogP contribution < -0.4 is 15.5 Å². The molecule has 8 nitrogen and oxygen atoms in total. The molecule has 0 aliphatic carbocycles. The van der Waals surface area contributed by atoms with E-state index in [9.17, 15) is 18.8 Å².